The minimum Gasteiger partial charge on any atom is -0.486 e. The first-order valence-electron chi connectivity index (χ1n) is 10.7. The summed E-state index contributed by atoms with van der Waals surface area (Å²) >= 11 is 0. The monoisotopic (exact) mass is 434 g/mol. The molecule has 1 amide bonds. The van der Waals surface area contributed by atoms with Crippen molar-refractivity contribution in [1.82, 2.24) is 19.9 Å². The quantitative estimate of drug-likeness (QED) is 0.614. The number of rotatable bonds is 7. The van der Waals surface area contributed by atoms with E-state index in [2.05, 4.69) is 15.0 Å². The second kappa shape index (κ2) is 9.64. The highest BCUT2D eigenvalue weighted by atomic mass is 16.6. The lowest BCUT2D eigenvalue weighted by molar-refractivity contribution is -0.131. The molecule has 2 aromatic heterocycles. The van der Waals surface area contributed by atoms with Crippen LogP contribution in [-0.4, -0.2) is 45.5 Å². The number of aryl methyl sites for hydroxylation is 1. The minimum absolute atomic E-state index is 0.0289. The van der Waals surface area contributed by atoms with Crippen molar-refractivity contribution in [3.8, 4) is 22.9 Å². The van der Waals surface area contributed by atoms with E-state index in [1.54, 1.807) is 36.4 Å². The van der Waals surface area contributed by atoms with Gasteiger partial charge < -0.3 is 19.4 Å². The number of carbonyl (C=O) groups is 1. The van der Waals surface area contributed by atoms with Gasteiger partial charge in [0.1, 0.15) is 19.0 Å². The van der Waals surface area contributed by atoms with Crippen LogP contribution >= 0.6 is 0 Å². The van der Waals surface area contributed by atoms with Crippen molar-refractivity contribution in [3.63, 3.8) is 0 Å². The summed E-state index contributed by atoms with van der Waals surface area (Å²) in [7, 11) is 0. The van der Waals surface area contributed by atoms with Crippen LogP contribution in [0.25, 0.3) is 11.4 Å². The number of nitrogens with one attached hydrogen (secondary N) is 1. The first-order valence-corrected chi connectivity index (χ1v) is 10.7. The van der Waals surface area contributed by atoms with Crippen molar-refractivity contribution in [2.75, 3.05) is 19.8 Å². The molecule has 8 heteroatoms. The Balaban J connectivity index is 1.45. The normalized spacial score (nSPS) is 12.4. The van der Waals surface area contributed by atoms with Gasteiger partial charge >= 0.3 is 0 Å². The number of fused-ring (bicyclic) bond motifs is 1. The van der Waals surface area contributed by atoms with Crippen LogP contribution in [0.15, 0.2) is 47.5 Å². The van der Waals surface area contributed by atoms with E-state index in [0.29, 0.717) is 61.3 Å². The molecule has 8 nitrogen and oxygen atoms in total. The highest BCUT2D eigenvalue weighted by Gasteiger charge is 2.20. The van der Waals surface area contributed by atoms with Gasteiger partial charge in [0.05, 0.1) is 0 Å². The highest BCUT2D eigenvalue weighted by molar-refractivity contribution is 5.76. The van der Waals surface area contributed by atoms with E-state index in [1.165, 1.54) is 0 Å². The molecule has 0 saturated heterocycles. The van der Waals surface area contributed by atoms with Gasteiger partial charge in [0.25, 0.3) is 5.56 Å². The summed E-state index contributed by atoms with van der Waals surface area (Å²) in [5.41, 5.74) is 2.63. The molecular formula is C24H26N4O4. The first kappa shape index (κ1) is 21.5. The predicted molar refractivity (Wildman–Crippen MR) is 120 cm³/mol. The van der Waals surface area contributed by atoms with Crippen LogP contribution in [0.5, 0.6) is 11.5 Å². The molecule has 4 rings (SSSR count). The average Bonchev–Trinajstić information content (AvgIpc) is 2.82. The number of aromatic amines is 1. The molecule has 0 aliphatic carbocycles. The van der Waals surface area contributed by atoms with Gasteiger partial charge in [0, 0.05) is 54.3 Å². The summed E-state index contributed by atoms with van der Waals surface area (Å²) in [5.74, 6) is 1.88. The Morgan fingerprint density at radius 1 is 1.16 bits per heavy atom. The topological polar surface area (TPSA) is 97.4 Å². The van der Waals surface area contributed by atoms with E-state index in [4.69, 9.17) is 9.47 Å². The molecule has 0 fully saturated rings. The number of ether oxygens (including phenoxy) is 2. The van der Waals surface area contributed by atoms with Gasteiger partial charge in [0.2, 0.25) is 5.91 Å². The van der Waals surface area contributed by atoms with E-state index in [0.717, 1.165) is 11.1 Å². The van der Waals surface area contributed by atoms with Gasteiger partial charge in [-0.2, -0.15) is 0 Å². The molecule has 32 heavy (non-hydrogen) atoms. The zero-order valence-electron chi connectivity index (χ0n) is 18.3. The van der Waals surface area contributed by atoms with E-state index < -0.39 is 0 Å². The summed E-state index contributed by atoms with van der Waals surface area (Å²) in [6.45, 7) is 5.73. The zero-order chi connectivity index (χ0) is 22.5. The number of hydrogen-bond acceptors (Lipinski definition) is 6. The molecule has 0 spiro atoms. The molecule has 0 unspecified atom stereocenters. The third-order valence-electron chi connectivity index (χ3n) is 5.51. The van der Waals surface area contributed by atoms with Crippen molar-refractivity contribution in [1.29, 1.82) is 0 Å². The van der Waals surface area contributed by atoms with Crippen LogP contribution in [0.3, 0.4) is 0 Å². The van der Waals surface area contributed by atoms with E-state index >= 15 is 0 Å². The van der Waals surface area contributed by atoms with Gasteiger partial charge in [0.15, 0.2) is 11.5 Å². The van der Waals surface area contributed by atoms with Crippen molar-refractivity contribution < 1.29 is 14.3 Å². The number of hydrogen-bond donors (Lipinski definition) is 1. The lowest BCUT2D eigenvalue weighted by atomic mass is 10.1. The van der Waals surface area contributed by atoms with Crippen LogP contribution < -0.4 is 15.0 Å². The molecule has 0 radical (unpaired) electrons. The summed E-state index contributed by atoms with van der Waals surface area (Å²) in [4.78, 5) is 38.7. The number of aromatic nitrogens is 3. The fraction of sp³-hybridized carbons (Fsp3) is 0.333. The summed E-state index contributed by atoms with van der Waals surface area (Å²) in [6, 6.07) is 9.29. The van der Waals surface area contributed by atoms with Crippen LogP contribution in [0.4, 0.5) is 0 Å². The third kappa shape index (κ3) is 4.64. The number of H-pyrrole nitrogens is 1. The standard InChI is InChI=1S/C24H26N4O4/c1-3-28(15-18-5-4-6-20-22(18)32-14-13-31-20)21(29)8-7-19-16(2)26-23(27-24(19)30)17-9-11-25-12-10-17/h4-6,9-12H,3,7-8,13-15H2,1-2H3,(H,26,27,30). The van der Waals surface area contributed by atoms with Crippen molar-refractivity contribution >= 4 is 5.91 Å². The number of para-hydroxylation sites is 1. The van der Waals surface area contributed by atoms with Gasteiger partial charge in [-0.3, -0.25) is 14.6 Å². The van der Waals surface area contributed by atoms with E-state index in [9.17, 15) is 9.59 Å². The van der Waals surface area contributed by atoms with Gasteiger partial charge in [-0.1, -0.05) is 12.1 Å². The largest absolute Gasteiger partial charge is 0.486 e. The Kier molecular flexibility index (Phi) is 6.49. The molecule has 1 aliphatic rings. The second-order valence-corrected chi connectivity index (χ2v) is 7.56. The molecule has 0 atom stereocenters. The summed E-state index contributed by atoms with van der Waals surface area (Å²) < 4.78 is 11.4. The fourth-order valence-corrected chi connectivity index (χ4v) is 3.78. The third-order valence-corrected chi connectivity index (χ3v) is 5.51. The summed E-state index contributed by atoms with van der Waals surface area (Å²) in [5, 5.41) is 0. The molecule has 1 N–H and O–H groups in total. The molecule has 1 aliphatic heterocycles. The lowest BCUT2D eigenvalue weighted by Crippen LogP contribution is -2.31. The number of amides is 1. The van der Waals surface area contributed by atoms with Crippen LogP contribution in [0, 0.1) is 6.92 Å². The zero-order valence-corrected chi connectivity index (χ0v) is 18.3. The second-order valence-electron chi connectivity index (χ2n) is 7.56. The van der Waals surface area contributed by atoms with Crippen LogP contribution in [0.2, 0.25) is 0 Å². The molecular weight excluding hydrogens is 408 g/mol. The van der Waals surface area contributed by atoms with Gasteiger partial charge in [-0.15, -0.1) is 0 Å². The fourth-order valence-electron chi connectivity index (χ4n) is 3.78. The smallest absolute Gasteiger partial charge is 0.254 e. The Morgan fingerprint density at radius 2 is 1.94 bits per heavy atom. The number of nitrogens with zero attached hydrogens (tertiary/aromatic N) is 3. The number of benzene rings is 1. The van der Waals surface area contributed by atoms with Crippen LogP contribution in [0.1, 0.15) is 30.2 Å². The highest BCUT2D eigenvalue weighted by Crippen LogP contribution is 2.34. The number of carbonyl (C=O) groups excluding carboxylic acids is 1. The first-order chi connectivity index (χ1) is 15.6. The Morgan fingerprint density at radius 3 is 2.69 bits per heavy atom. The Labute approximate surface area is 186 Å². The molecule has 3 heterocycles. The van der Waals surface area contributed by atoms with E-state index in [1.807, 2.05) is 25.1 Å². The maximum atomic E-state index is 12.9. The number of pyridine rings is 1. The van der Waals surface area contributed by atoms with Crippen molar-refractivity contribution in [2.45, 2.75) is 33.2 Å². The molecule has 3 aromatic rings. The van der Waals surface area contributed by atoms with Gasteiger partial charge in [-0.25, -0.2) is 4.98 Å². The lowest BCUT2D eigenvalue weighted by Gasteiger charge is -2.25. The maximum Gasteiger partial charge on any atom is 0.254 e. The van der Waals surface area contributed by atoms with Crippen molar-refractivity contribution in [2.24, 2.45) is 0 Å². The van der Waals surface area contributed by atoms with Crippen molar-refractivity contribution in [3.05, 3.63) is 69.9 Å². The van der Waals surface area contributed by atoms with E-state index in [-0.39, 0.29) is 17.9 Å². The SMILES string of the molecule is CCN(Cc1cccc2c1OCCO2)C(=O)CCc1c(C)nc(-c2ccncc2)[nH]c1=O. The summed E-state index contributed by atoms with van der Waals surface area (Å²) in [6.07, 6.45) is 3.85. The Hall–Kier alpha value is -3.68. The molecule has 0 bridgehead atoms. The molecule has 1 aromatic carbocycles. The molecule has 0 saturated carbocycles. The average molecular weight is 434 g/mol. The van der Waals surface area contributed by atoms with Crippen LogP contribution in [-0.2, 0) is 17.8 Å². The van der Waals surface area contributed by atoms with Gasteiger partial charge in [-0.05, 0) is 38.5 Å². The maximum absolute atomic E-state index is 12.9. The molecule has 166 valence electrons. The predicted octanol–water partition coefficient (Wildman–Crippen LogP) is 2.89. The minimum atomic E-state index is -0.220. The Bertz CT molecular complexity index is 1160.